The second-order valence-electron chi connectivity index (χ2n) is 3.06. The van der Waals surface area contributed by atoms with Gasteiger partial charge in [0.25, 0.3) is 0 Å². The van der Waals surface area contributed by atoms with Crippen LogP contribution in [0, 0.1) is 0 Å². The quantitative estimate of drug-likeness (QED) is 0.613. The van der Waals surface area contributed by atoms with Crippen molar-refractivity contribution >= 4 is 12.6 Å². The Morgan fingerprint density at radius 2 is 1.92 bits per heavy atom. The fourth-order valence-corrected chi connectivity index (χ4v) is 1.52. The molecule has 12 heavy (non-hydrogen) atoms. The van der Waals surface area contributed by atoms with Crippen LogP contribution in [0.15, 0.2) is 29.2 Å². The maximum Gasteiger partial charge on any atom is 0.0409 e. The van der Waals surface area contributed by atoms with E-state index in [4.69, 9.17) is 12.6 Å². The Hall–Kier alpha value is -0.560. The normalized spacial score (nSPS) is 10.1. The van der Waals surface area contributed by atoms with Crippen molar-refractivity contribution in [3.05, 3.63) is 29.8 Å². The third-order valence-corrected chi connectivity index (χ3v) is 2.42. The fourth-order valence-electron chi connectivity index (χ4n) is 1.28. The lowest BCUT2D eigenvalue weighted by Crippen LogP contribution is -1.86. The molecule has 0 spiro atoms. The van der Waals surface area contributed by atoms with Gasteiger partial charge >= 0.3 is 0 Å². The monoisotopic (exact) mass is 179 g/mol. The number of aryl methyl sites for hydroxylation is 1. The summed E-state index contributed by atoms with van der Waals surface area (Å²) in [5.41, 5.74) is 1.33. The maximum atomic E-state index is 5.20. The molecule has 0 bridgehead atoms. The summed E-state index contributed by atoms with van der Waals surface area (Å²) in [6.07, 6.45) is 5.00. The molecular weight excluding hydrogens is 164 g/mol. The van der Waals surface area contributed by atoms with E-state index >= 15 is 0 Å². The van der Waals surface area contributed by atoms with E-state index < -0.39 is 0 Å². The minimum atomic E-state index is 1.02. The van der Waals surface area contributed by atoms with E-state index in [0.717, 1.165) is 11.3 Å². The zero-order valence-corrected chi connectivity index (χ0v) is 8.36. The summed E-state index contributed by atoms with van der Waals surface area (Å²) in [5.74, 6) is 0. The predicted molar refractivity (Wildman–Crippen MR) is 55.5 cm³/mol. The molecule has 0 nitrogen and oxygen atoms in total. The van der Waals surface area contributed by atoms with Gasteiger partial charge < -0.3 is 0 Å². The molecule has 1 heteroatoms. The molecular formula is C11H15S. The standard InChI is InChI=1S/C11H15S/c1-2-3-4-7-10-8-5-6-9-11(10)12/h5-6,8-9H,2-4,7H2,1H3. The maximum absolute atomic E-state index is 5.20. The van der Waals surface area contributed by atoms with Gasteiger partial charge in [-0.2, -0.15) is 0 Å². The van der Waals surface area contributed by atoms with Crippen molar-refractivity contribution in [3.63, 3.8) is 0 Å². The van der Waals surface area contributed by atoms with Crippen LogP contribution in [0.1, 0.15) is 31.7 Å². The summed E-state index contributed by atoms with van der Waals surface area (Å²) in [6, 6.07) is 8.22. The highest BCUT2D eigenvalue weighted by Gasteiger charge is 1.96. The molecule has 0 aliphatic carbocycles. The number of rotatable bonds is 4. The molecule has 0 unspecified atom stereocenters. The first kappa shape index (κ1) is 9.53. The van der Waals surface area contributed by atoms with Crippen molar-refractivity contribution in [3.8, 4) is 0 Å². The molecule has 0 aromatic heterocycles. The molecule has 0 N–H and O–H groups in total. The Balaban J connectivity index is 2.46. The van der Waals surface area contributed by atoms with Gasteiger partial charge in [-0.25, -0.2) is 0 Å². The minimum absolute atomic E-state index is 1.02. The van der Waals surface area contributed by atoms with Gasteiger partial charge in [0, 0.05) is 4.90 Å². The molecule has 0 amide bonds. The first-order valence-corrected chi connectivity index (χ1v) is 5.00. The van der Waals surface area contributed by atoms with Gasteiger partial charge in [-0.05, 0) is 24.5 Å². The van der Waals surface area contributed by atoms with Crippen molar-refractivity contribution in [2.24, 2.45) is 0 Å². The summed E-state index contributed by atoms with van der Waals surface area (Å²) in [4.78, 5) is 1.02. The largest absolute Gasteiger partial charge is 0.0798 e. The first-order chi connectivity index (χ1) is 5.84. The van der Waals surface area contributed by atoms with Crippen LogP contribution in [-0.4, -0.2) is 0 Å². The summed E-state index contributed by atoms with van der Waals surface area (Å²) in [7, 11) is 0. The van der Waals surface area contributed by atoms with Gasteiger partial charge in [0.1, 0.15) is 0 Å². The smallest absolute Gasteiger partial charge is 0.0409 e. The van der Waals surface area contributed by atoms with Gasteiger partial charge in [-0.1, -0.05) is 50.6 Å². The van der Waals surface area contributed by atoms with Crippen LogP contribution in [0.3, 0.4) is 0 Å². The molecule has 1 aromatic rings. The Kier molecular flexibility index (Phi) is 4.09. The molecule has 1 rings (SSSR count). The number of unbranched alkanes of at least 4 members (excludes halogenated alkanes) is 2. The van der Waals surface area contributed by atoms with Gasteiger partial charge in [0.05, 0.1) is 0 Å². The Morgan fingerprint density at radius 1 is 1.17 bits per heavy atom. The van der Waals surface area contributed by atoms with Crippen molar-refractivity contribution in [2.75, 3.05) is 0 Å². The Morgan fingerprint density at radius 3 is 2.58 bits per heavy atom. The van der Waals surface area contributed by atoms with E-state index in [-0.39, 0.29) is 0 Å². The molecule has 0 atom stereocenters. The zero-order chi connectivity index (χ0) is 8.81. The average Bonchev–Trinajstić information content (AvgIpc) is 2.09. The van der Waals surface area contributed by atoms with Crippen molar-refractivity contribution in [1.29, 1.82) is 0 Å². The van der Waals surface area contributed by atoms with Gasteiger partial charge in [0.15, 0.2) is 0 Å². The lowest BCUT2D eigenvalue weighted by molar-refractivity contribution is 0.712. The molecule has 0 aliphatic rings. The highest BCUT2D eigenvalue weighted by molar-refractivity contribution is 7.80. The van der Waals surface area contributed by atoms with Crippen LogP contribution in [0.5, 0.6) is 0 Å². The second kappa shape index (κ2) is 5.15. The summed E-state index contributed by atoms with van der Waals surface area (Å²) in [6.45, 7) is 2.22. The van der Waals surface area contributed by atoms with Crippen LogP contribution >= 0.6 is 12.6 Å². The number of hydrogen-bond donors (Lipinski definition) is 0. The van der Waals surface area contributed by atoms with Crippen LogP contribution < -0.4 is 0 Å². The highest BCUT2D eigenvalue weighted by atomic mass is 32.1. The van der Waals surface area contributed by atoms with Gasteiger partial charge in [0.2, 0.25) is 0 Å². The third kappa shape index (κ3) is 2.82. The minimum Gasteiger partial charge on any atom is -0.0798 e. The summed E-state index contributed by atoms with van der Waals surface area (Å²) < 4.78 is 0. The Bertz CT molecular complexity index is 230. The zero-order valence-electron chi connectivity index (χ0n) is 7.55. The Labute approximate surface area is 80.4 Å². The summed E-state index contributed by atoms with van der Waals surface area (Å²) in [5, 5.41) is 0. The van der Waals surface area contributed by atoms with E-state index in [9.17, 15) is 0 Å². The van der Waals surface area contributed by atoms with Gasteiger partial charge in [-0.15, -0.1) is 0 Å². The van der Waals surface area contributed by atoms with Crippen LogP contribution in [0.2, 0.25) is 0 Å². The lowest BCUT2D eigenvalue weighted by atomic mass is 10.1. The van der Waals surface area contributed by atoms with Crippen LogP contribution in [0.25, 0.3) is 0 Å². The fraction of sp³-hybridized carbons (Fsp3) is 0.455. The van der Waals surface area contributed by atoms with E-state index in [2.05, 4.69) is 19.1 Å². The van der Waals surface area contributed by atoms with Gasteiger partial charge in [-0.3, -0.25) is 0 Å². The molecule has 1 radical (unpaired) electrons. The van der Waals surface area contributed by atoms with E-state index in [1.807, 2.05) is 12.1 Å². The second-order valence-corrected chi connectivity index (χ2v) is 3.50. The molecule has 0 saturated carbocycles. The van der Waals surface area contributed by atoms with Crippen molar-refractivity contribution in [1.82, 2.24) is 0 Å². The van der Waals surface area contributed by atoms with E-state index in [0.29, 0.717) is 0 Å². The third-order valence-electron chi connectivity index (χ3n) is 2.02. The number of hydrogen-bond acceptors (Lipinski definition) is 0. The molecule has 1 aromatic carbocycles. The van der Waals surface area contributed by atoms with Crippen LogP contribution in [-0.2, 0) is 6.42 Å². The highest BCUT2D eigenvalue weighted by Crippen LogP contribution is 2.15. The first-order valence-electron chi connectivity index (χ1n) is 4.59. The van der Waals surface area contributed by atoms with E-state index in [1.54, 1.807) is 0 Å². The van der Waals surface area contributed by atoms with Crippen LogP contribution in [0.4, 0.5) is 0 Å². The lowest BCUT2D eigenvalue weighted by Gasteiger charge is -2.02. The topological polar surface area (TPSA) is 0 Å². The molecule has 0 fully saturated rings. The average molecular weight is 179 g/mol. The molecule has 65 valence electrons. The predicted octanol–water partition coefficient (Wildman–Crippen LogP) is 3.98. The molecule has 0 saturated heterocycles. The SMILES string of the molecule is CCCCCc1ccccc1[S]. The summed E-state index contributed by atoms with van der Waals surface area (Å²) >= 11 is 5.20. The van der Waals surface area contributed by atoms with Crippen molar-refractivity contribution < 1.29 is 0 Å². The number of benzene rings is 1. The molecule has 0 heterocycles. The molecule has 0 aliphatic heterocycles. The van der Waals surface area contributed by atoms with E-state index in [1.165, 1.54) is 24.8 Å². The van der Waals surface area contributed by atoms with Crippen molar-refractivity contribution in [2.45, 2.75) is 37.5 Å².